The number of sulfone groups is 1. The number of carbonyl (C=O) groups is 1. The maximum atomic E-state index is 12.4. The third kappa shape index (κ3) is 5.81. The average Bonchev–Trinajstić information content (AvgIpc) is 3.31. The fraction of sp³-hybridized carbons (Fsp3) is 0.550. The second kappa shape index (κ2) is 9.63. The molecule has 1 aliphatic heterocycles. The number of anilines is 2. The Balaban J connectivity index is 0.00000289. The molecule has 0 radical (unpaired) electrons. The number of hydrogen-bond donors (Lipinski definition) is 1. The molecule has 0 aliphatic carbocycles. The summed E-state index contributed by atoms with van der Waals surface area (Å²) in [5.74, 6) is 0.471. The molecule has 0 bridgehead atoms. The predicted octanol–water partition coefficient (Wildman–Crippen LogP) is 1.61. The number of aromatic nitrogens is 6. The Kier molecular flexibility index (Phi) is 7.12. The van der Waals surface area contributed by atoms with Gasteiger partial charge in [-0.05, 0) is 18.8 Å². The maximum absolute atomic E-state index is 12.4. The van der Waals surface area contributed by atoms with Gasteiger partial charge in [0.2, 0.25) is 11.9 Å². The minimum Gasteiger partial charge on any atom is -0.342 e. The minimum absolute atomic E-state index is 0. The third-order valence-corrected chi connectivity index (χ3v) is 6.27. The van der Waals surface area contributed by atoms with E-state index in [4.69, 9.17) is 0 Å². The highest BCUT2D eigenvalue weighted by Crippen LogP contribution is 2.22. The number of nitrogens with zero attached hydrogens (tertiary/aromatic N) is 7. The first kappa shape index (κ1) is 23.6. The fourth-order valence-corrected chi connectivity index (χ4v) is 4.34. The van der Waals surface area contributed by atoms with Crippen LogP contribution < -0.4 is 5.32 Å². The van der Waals surface area contributed by atoms with E-state index in [0.29, 0.717) is 25.6 Å². The normalized spacial score (nSPS) is 16.7. The average molecular weight is 463 g/mol. The minimum atomic E-state index is -3.15. The molecule has 0 saturated carbocycles. The smallest absolute Gasteiger partial charge is 0.229 e. The van der Waals surface area contributed by atoms with Crippen molar-refractivity contribution in [2.45, 2.75) is 33.2 Å². The summed E-state index contributed by atoms with van der Waals surface area (Å²) in [7, 11) is -1.31. The number of hydrogen-bond acceptors (Lipinski definition) is 8. The number of rotatable bonds is 7. The summed E-state index contributed by atoms with van der Waals surface area (Å²) in [6.07, 6.45) is 10.0. The Hall–Kier alpha value is -3.02. The Morgan fingerprint density at radius 1 is 1.25 bits per heavy atom. The van der Waals surface area contributed by atoms with Gasteiger partial charge in [0.05, 0.1) is 29.2 Å². The van der Waals surface area contributed by atoms with Gasteiger partial charge in [-0.25, -0.2) is 18.1 Å². The number of carbonyl (C=O) groups excluding carboxylic acids is 1. The van der Waals surface area contributed by atoms with E-state index in [1.165, 1.54) is 0 Å². The van der Waals surface area contributed by atoms with Crippen LogP contribution in [0, 0.1) is 5.92 Å². The van der Waals surface area contributed by atoms with Crippen molar-refractivity contribution in [3.63, 3.8) is 0 Å². The first-order valence-electron chi connectivity index (χ1n) is 10.2. The lowest BCUT2D eigenvalue weighted by Crippen LogP contribution is -2.41. The molecule has 1 N–H and O–H groups in total. The lowest BCUT2D eigenvalue weighted by atomic mass is 9.98. The molecule has 3 aromatic rings. The summed E-state index contributed by atoms with van der Waals surface area (Å²) < 4.78 is 26.3. The number of likely N-dealkylation sites (tertiary alicyclic amines) is 1. The molecule has 12 heteroatoms. The van der Waals surface area contributed by atoms with Gasteiger partial charge in [-0.2, -0.15) is 15.2 Å². The van der Waals surface area contributed by atoms with E-state index in [9.17, 15) is 13.2 Å². The molecule has 3 aromatic heterocycles. The zero-order valence-corrected chi connectivity index (χ0v) is 18.4. The van der Waals surface area contributed by atoms with Gasteiger partial charge in [-0.1, -0.05) is 7.43 Å². The summed E-state index contributed by atoms with van der Waals surface area (Å²) in [6.45, 7) is 1.89. The van der Waals surface area contributed by atoms with E-state index in [2.05, 4.69) is 25.5 Å². The second-order valence-corrected chi connectivity index (χ2v) is 10.3. The van der Waals surface area contributed by atoms with Crippen molar-refractivity contribution in [3.8, 4) is 0 Å². The van der Waals surface area contributed by atoms with E-state index in [1.807, 2.05) is 17.9 Å². The van der Waals surface area contributed by atoms with Crippen LogP contribution in [0.5, 0.6) is 0 Å². The summed E-state index contributed by atoms with van der Waals surface area (Å²) in [4.78, 5) is 23.1. The molecular weight excluding hydrogens is 432 g/mol. The van der Waals surface area contributed by atoms with Gasteiger partial charge in [0.15, 0.2) is 5.65 Å². The molecule has 1 unspecified atom stereocenters. The third-order valence-electron chi connectivity index (χ3n) is 5.33. The summed E-state index contributed by atoms with van der Waals surface area (Å²) in [5, 5.41) is 12.6. The molecule has 32 heavy (non-hydrogen) atoms. The van der Waals surface area contributed by atoms with Gasteiger partial charge in [0.1, 0.15) is 9.84 Å². The van der Waals surface area contributed by atoms with Gasteiger partial charge in [0.25, 0.3) is 0 Å². The first-order valence-corrected chi connectivity index (χ1v) is 12.2. The number of fused-ring (bicyclic) bond motifs is 1. The van der Waals surface area contributed by atoms with Gasteiger partial charge < -0.3 is 10.2 Å². The lowest BCUT2D eigenvalue weighted by Gasteiger charge is -2.32. The van der Waals surface area contributed by atoms with E-state index in [1.54, 1.807) is 28.2 Å². The largest absolute Gasteiger partial charge is 0.342 e. The molecular formula is C20H30N8O3S. The van der Waals surface area contributed by atoms with Crippen molar-refractivity contribution in [1.29, 1.82) is 0 Å². The predicted molar refractivity (Wildman–Crippen MR) is 122 cm³/mol. The molecule has 11 nitrogen and oxygen atoms in total. The standard InChI is InChI=1S/C19H26N8O3S.CH4/c1-25-13-16(10-21-25)23-19-20-8-15-9-22-27(18(15)24-19)12-14-4-3-6-26(11-14)17(28)5-7-31(2,29)30;/h8-10,13-14H,3-7,11-12H2,1-2H3,(H,20,23,24);1H4. The summed E-state index contributed by atoms with van der Waals surface area (Å²) >= 11 is 0. The number of aryl methyl sites for hydroxylation is 1. The van der Waals surface area contributed by atoms with Crippen LogP contribution in [0.15, 0.2) is 24.8 Å². The zero-order chi connectivity index (χ0) is 22.0. The van der Waals surface area contributed by atoms with Crippen LogP contribution in [0.3, 0.4) is 0 Å². The quantitative estimate of drug-likeness (QED) is 0.561. The van der Waals surface area contributed by atoms with E-state index >= 15 is 0 Å². The van der Waals surface area contributed by atoms with Crippen molar-refractivity contribution in [2.24, 2.45) is 13.0 Å². The number of piperidine rings is 1. The maximum Gasteiger partial charge on any atom is 0.229 e. The van der Waals surface area contributed by atoms with Crippen molar-refractivity contribution in [1.82, 2.24) is 34.4 Å². The fourth-order valence-electron chi connectivity index (χ4n) is 3.79. The molecule has 0 aromatic carbocycles. The Bertz CT molecular complexity index is 1190. The molecule has 1 aliphatic rings. The monoisotopic (exact) mass is 462 g/mol. The van der Waals surface area contributed by atoms with Crippen LogP contribution in [0.2, 0.25) is 0 Å². The van der Waals surface area contributed by atoms with Crippen molar-refractivity contribution < 1.29 is 13.2 Å². The van der Waals surface area contributed by atoms with Crippen molar-refractivity contribution >= 4 is 38.4 Å². The summed E-state index contributed by atoms with van der Waals surface area (Å²) in [6, 6.07) is 0. The molecule has 1 atom stereocenters. The highest BCUT2D eigenvalue weighted by Gasteiger charge is 2.25. The lowest BCUT2D eigenvalue weighted by molar-refractivity contribution is -0.132. The van der Waals surface area contributed by atoms with Crippen LogP contribution in [0.4, 0.5) is 11.6 Å². The second-order valence-electron chi connectivity index (χ2n) is 8.05. The Labute approximate surface area is 187 Å². The molecule has 4 rings (SSSR count). The van der Waals surface area contributed by atoms with E-state index in [0.717, 1.165) is 35.8 Å². The van der Waals surface area contributed by atoms with Gasteiger partial charge in [0, 0.05) is 51.8 Å². The van der Waals surface area contributed by atoms with Crippen LogP contribution in [-0.2, 0) is 28.2 Å². The Morgan fingerprint density at radius 2 is 2.06 bits per heavy atom. The molecule has 174 valence electrons. The SMILES string of the molecule is C.Cn1cc(Nc2ncc3cnn(CC4CCCN(C(=O)CCS(C)(=O)=O)C4)c3n2)cn1. The number of amides is 1. The highest BCUT2D eigenvalue weighted by atomic mass is 32.2. The molecule has 0 spiro atoms. The van der Waals surface area contributed by atoms with Crippen LogP contribution in [0.25, 0.3) is 11.0 Å². The van der Waals surface area contributed by atoms with Crippen molar-refractivity contribution in [3.05, 3.63) is 24.8 Å². The molecule has 4 heterocycles. The van der Waals surface area contributed by atoms with Crippen molar-refractivity contribution in [2.75, 3.05) is 30.4 Å². The van der Waals surface area contributed by atoms with Crippen LogP contribution >= 0.6 is 0 Å². The van der Waals surface area contributed by atoms with Gasteiger partial charge >= 0.3 is 0 Å². The topological polar surface area (TPSA) is 128 Å². The van der Waals surface area contributed by atoms with Crippen LogP contribution in [-0.4, -0.2) is 73.9 Å². The van der Waals surface area contributed by atoms with Gasteiger partial charge in [-0.3, -0.25) is 9.48 Å². The molecule has 1 saturated heterocycles. The molecule has 1 fully saturated rings. The van der Waals surface area contributed by atoms with Crippen LogP contribution in [0.1, 0.15) is 26.7 Å². The summed E-state index contributed by atoms with van der Waals surface area (Å²) in [5.41, 5.74) is 1.52. The van der Waals surface area contributed by atoms with E-state index in [-0.39, 0.29) is 31.4 Å². The first-order chi connectivity index (χ1) is 14.8. The zero-order valence-electron chi connectivity index (χ0n) is 17.6. The molecule has 1 amide bonds. The number of nitrogens with one attached hydrogen (secondary N) is 1. The van der Waals surface area contributed by atoms with E-state index < -0.39 is 9.84 Å². The highest BCUT2D eigenvalue weighted by molar-refractivity contribution is 7.90. The van der Waals surface area contributed by atoms with Gasteiger partial charge in [-0.15, -0.1) is 0 Å². The Morgan fingerprint density at radius 3 is 2.78 bits per heavy atom.